The normalized spacial score (nSPS) is 17.9. The molecule has 0 aromatic rings. The Morgan fingerprint density at radius 1 is 1.46 bits per heavy atom. The van der Waals surface area contributed by atoms with Crippen LogP contribution < -0.4 is 0 Å². The third-order valence-corrected chi connectivity index (χ3v) is 2.47. The fourth-order valence-corrected chi connectivity index (χ4v) is 1.17. The number of halogens is 1. The molecule has 0 aromatic carbocycles. The van der Waals surface area contributed by atoms with Crippen molar-refractivity contribution in [3.63, 3.8) is 0 Å². The Labute approximate surface area is 80.6 Å². The van der Waals surface area contributed by atoms with Gasteiger partial charge in [-0.25, -0.2) is 4.18 Å². The molecule has 7 heteroatoms. The highest BCUT2D eigenvalue weighted by molar-refractivity contribution is 8.09. The maximum atomic E-state index is 11.0. The van der Waals surface area contributed by atoms with Gasteiger partial charge in [0.05, 0.1) is 5.92 Å². The molecule has 1 fully saturated rings. The van der Waals surface area contributed by atoms with Crippen LogP contribution in [-0.4, -0.2) is 21.2 Å². The highest BCUT2D eigenvalue weighted by Gasteiger charge is 2.26. The second-order valence-corrected chi connectivity index (χ2v) is 4.88. The maximum absolute atomic E-state index is 11.0. The summed E-state index contributed by atoms with van der Waals surface area (Å²) in [4.78, 5) is 11.0. The van der Waals surface area contributed by atoms with E-state index in [-0.39, 0.29) is 5.92 Å². The van der Waals surface area contributed by atoms with Crippen LogP contribution in [0.5, 0.6) is 0 Å². The van der Waals surface area contributed by atoms with Gasteiger partial charge in [0.15, 0.2) is 0 Å². The minimum absolute atomic E-state index is 0.0957. The second-order valence-electron chi connectivity index (χ2n) is 2.72. The SMILES string of the molecule is O=C(OCOS(=O)(=O)Cl)C1CCC1. The minimum Gasteiger partial charge on any atom is -0.437 e. The highest BCUT2D eigenvalue weighted by atomic mass is 35.7. The Morgan fingerprint density at radius 2 is 2.08 bits per heavy atom. The van der Waals surface area contributed by atoms with Crippen LogP contribution in [0.1, 0.15) is 19.3 Å². The lowest BCUT2D eigenvalue weighted by Crippen LogP contribution is -2.25. The summed E-state index contributed by atoms with van der Waals surface area (Å²) < 4.78 is 28.9. The summed E-state index contributed by atoms with van der Waals surface area (Å²) in [6.45, 7) is -0.638. The predicted octanol–water partition coefficient (Wildman–Crippen LogP) is 0.787. The Morgan fingerprint density at radius 3 is 2.46 bits per heavy atom. The van der Waals surface area contributed by atoms with Gasteiger partial charge in [0.2, 0.25) is 6.79 Å². The van der Waals surface area contributed by atoms with Crippen LogP contribution >= 0.6 is 10.7 Å². The Hall–Kier alpha value is -0.330. The number of hydrogen-bond acceptors (Lipinski definition) is 5. The number of hydrogen-bond donors (Lipinski definition) is 0. The van der Waals surface area contributed by atoms with E-state index in [2.05, 4.69) is 8.92 Å². The summed E-state index contributed by atoms with van der Waals surface area (Å²) in [5.74, 6) is -0.520. The predicted molar refractivity (Wildman–Crippen MR) is 44.2 cm³/mol. The van der Waals surface area contributed by atoms with Crippen molar-refractivity contribution in [2.75, 3.05) is 6.79 Å². The molecule has 0 atom stereocenters. The quantitative estimate of drug-likeness (QED) is 0.404. The third-order valence-electron chi connectivity index (χ3n) is 1.83. The van der Waals surface area contributed by atoms with Crippen molar-refractivity contribution in [3.05, 3.63) is 0 Å². The first-order valence-electron chi connectivity index (χ1n) is 3.75. The van der Waals surface area contributed by atoms with Gasteiger partial charge in [0.25, 0.3) is 0 Å². The van der Waals surface area contributed by atoms with E-state index in [0.717, 1.165) is 19.3 Å². The van der Waals surface area contributed by atoms with Gasteiger partial charge in [0.1, 0.15) is 0 Å². The van der Waals surface area contributed by atoms with Crippen molar-refractivity contribution in [3.8, 4) is 0 Å². The molecule has 0 saturated heterocycles. The van der Waals surface area contributed by atoms with Gasteiger partial charge < -0.3 is 4.74 Å². The van der Waals surface area contributed by atoms with E-state index in [1.54, 1.807) is 0 Å². The molecule has 13 heavy (non-hydrogen) atoms. The number of esters is 1. The van der Waals surface area contributed by atoms with E-state index in [0.29, 0.717) is 0 Å². The smallest absolute Gasteiger partial charge is 0.358 e. The summed E-state index contributed by atoms with van der Waals surface area (Å²) in [7, 11) is 0.664. The summed E-state index contributed by atoms with van der Waals surface area (Å²) >= 11 is 0. The summed E-state index contributed by atoms with van der Waals surface area (Å²) in [6.07, 6.45) is 2.60. The van der Waals surface area contributed by atoms with Crippen molar-refractivity contribution < 1.29 is 22.1 Å². The Balaban J connectivity index is 2.15. The first-order chi connectivity index (χ1) is 5.99. The maximum Gasteiger partial charge on any atom is 0.358 e. The molecule has 1 aliphatic carbocycles. The van der Waals surface area contributed by atoms with Crippen LogP contribution in [0.15, 0.2) is 0 Å². The van der Waals surface area contributed by atoms with Gasteiger partial charge in [-0.1, -0.05) is 6.42 Å². The standard InChI is InChI=1S/C6H9ClO5S/c7-13(9,10)12-4-11-6(8)5-2-1-3-5/h5H,1-4H2. The molecule has 0 aliphatic heterocycles. The van der Waals surface area contributed by atoms with Crippen molar-refractivity contribution in [1.82, 2.24) is 0 Å². The first-order valence-corrected chi connectivity index (χ1v) is 5.98. The van der Waals surface area contributed by atoms with E-state index in [4.69, 9.17) is 10.7 Å². The zero-order valence-corrected chi connectivity index (χ0v) is 8.31. The summed E-state index contributed by atoms with van der Waals surface area (Å²) in [5.41, 5.74) is 0. The van der Waals surface area contributed by atoms with E-state index in [9.17, 15) is 13.2 Å². The molecule has 0 N–H and O–H groups in total. The second kappa shape index (κ2) is 4.26. The van der Waals surface area contributed by atoms with Crippen molar-refractivity contribution >= 4 is 26.0 Å². The molecular formula is C6H9ClO5S. The summed E-state index contributed by atoms with van der Waals surface area (Å²) in [6, 6.07) is 0. The van der Waals surface area contributed by atoms with Gasteiger partial charge in [-0.2, -0.15) is 8.42 Å². The van der Waals surface area contributed by atoms with Gasteiger partial charge >= 0.3 is 15.3 Å². The van der Waals surface area contributed by atoms with Crippen LogP contribution in [0.3, 0.4) is 0 Å². The highest BCUT2D eigenvalue weighted by Crippen LogP contribution is 2.27. The van der Waals surface area contributed by atoms with Gasteiger partial charge in [-0.05, 0) is 12.8 Å². The fraction of sp³-hybridized carbons (Fsp3) is 0.833. The molecule has 1 saturated carbocycles. The molecule has 0 unspecified atom stereocenters. The average molecular weight is 229 g/mol. The largest absolute Gasteiger partial charge is 0.437 e. The topological polar surface area (TPSA) is 69.7 Å². The molecule has 1 aliphatic rings. The van der Waals surface area contributed by atoms with Crippen molar-refractivity contribution in [2.24, 2.45) is 5.92 Å². The van der Waals surface area contributed by atoms with Crippen molar-refractivity contribution in [2.45, 2.75) is 19.3 Å². The fourth-order valence-electron chi connectivity index (χ4n) is 0.901. The lowest BCUT2D eigenvalue weighted by atomic mass is 9.86. The number of rotatable bonds is 4. The molecule has 0 radical (unpaired) electrons. The van der Waals surface area contributed by atoms with Gasteiger partial charge in [-0.15, -0.1) is 0 Å². The molecule has 0 spiro atoms. The van der Waals surface area contributed by atoms with Crippen LogP contribution in [-0.2, 0) is 23.0 Å². The number of carbonyl (C=O) groups excluding carboxylic acids is 1. The van der Waals surface area contributed by atoms with Crippen molar-refractivity contribution in [1.29, 1.82) is 0 Å². The molecule has 0 amide bonds. The number of carbonyl (C=O) groups is 1. The molecule has 0 bridgehead atoms. The third kappa shape index (κ3) is 3.93. The zero-order valence-electron chi connectivity index (χ0n) is 6.73. The Bertz CT molecular complexity index is 281. The molecule has 0 heterocycles. The van der Waals surface area contributed by atoms with E-state index >= 15 is 0 Å². The molecule has 0 aromatic heterocycles. The summed E-state index contributed by atoms with van der Waals surface area (Å²) in [5, 5.41) is 0. The zero-order chi connectivity index (χ0) is 9.90. The lowest BCUT2D eigenvalue weighted by Gasteiger charge is -2.22. The minimum atomic E-state index is -4.04. The van der Waals surface area contributed by atoms with Crippen LogP contribution in [0.25, 0.3) is 0 Å². The van der Waals surface area contributed by atoms with Gasteiger partial charge in [0, 0.05) is 10.7 Å². The average Bonchev–Trinajstić information content (AvgIpc) is 1.79. The molecular weight excluding hydrogens is 220 g/mol. The molecule has 76 valence electrons. The van der Waals surface area contributed by atoms with Crippen LogP contribution in [0, 0.1) is 5.92 Å². The molecule has 1 rings (SSSR count). The van der Waals surface area contributed by atoms with E-state index in [1.165, 1.54) is 0 Å². The lowest BCUT2D eigenvalue weighted by molar-refractivity contribution is -0.157. The first kappa shape index (κ1) is 10.7. The number of ether oxygens (including phenoxy) is 1. The van der Waals surface area contributed by atoms with E-state index < -0.39 is 22.1 Å². The monoisotopic (exact) mass is 228 g/mol. The van der Waals surface area contributed by atoms with E-state index in [1.807, 2.05) is 0 Å². The van der Waals surface area contributed by atoms with Crippen LogP contribution in [0.4, 0.5) is 0 Å². The van der Waals surface area contributed by atoms with Crippen LogP contribution in [0.2, 0.25) is 0 Å². The molecule has 5 nitrogen and oxygen atoms in total. The van der Waals surface area contributed by atoms with Gasteiger partial charge in [-0.3, -0.25) is 4.79 Å². The Kier molecular flexibility index (Phi) is 3.52.